The third kappa shape index (κ3) is 2.97. The maximum Gasteiger partial charge on any atom is 0.118 e. The highest BCUT2D eigenvalue weighted by molar-refractivity contribution is 5.27. The SMILES string of the molecule is COc1ccc(CNC2CCN(C)C2)cc1. The molecular weight excluding hydrogens is 200 g/mol. The molecule has 1 aromatic rings. The largest absolute Gasteiger partial charge is 0.497 e. The highest BCUT2D eigenvalue weighted by Crippen LogP contribution is 2.12. The monoisotopic (exact) mass is 220 g/mol. The minimum absolute atomic E-state index is 0.645. The lowest BCUT2D eigenvalue weighted by atomic mass is 10.2. The summed E-state index contributed by atoms with van der Waals surface area (Å²) >= 11 is 0. The highest BCUT2D eigenvalue weighted by atomic mass is 16.5. The van der Waals surface area contributed by atoms with Crippen LogP contribution in [0.4, 0.5) is 0 Å². The maximum absolute atomic E-state index is 5.13. The van der Waals surface area contributed by atoms with E-state index in [1.165, 1.54) is 18.5 Å². The van der Waals surface area contributed by atoms with Crippen LogP contribution in [0.3, 0.4) is 0 Å². The number of nitrogens with zero attached hydrogens (tertiary/aromatic N) is 1. The molecule has 1 unspecified atom stereocenters. The van der Waals surface area contributed by atoms with Crippen LogP contribution in [-0.2, 0) is 6.54 Å². The molecule has 3 heteroatoms. The van der Waals surface area contributed by atoms with E-state index in [2.05, 4.69) is 29.4 Å². The van der Waals surface area contributed by atoms with Crippen LogP contribution in [0.5, 0.6) is 5.75 Å². The predicted molar refractivity (Wildman–Crippen MR) is 65.7 cm³/mol. The first-order valence-corrected chi connectivity index (χ1v) is 5.83. The van der Waals surface area contributed by atoms with Crippen molar-refractivity contribution in [3.05, 3.63) is 29.8 Å². The quantitative estimate of drug-likeness (QED) is 0.832. The topological polar surface area (TPSA) is 24.5 Å². The molecule has 1 heterocycles. The van der Waals surface area contributed by atoms with E-state index < -0.39 is 0 Å². The molecule has 0 aliphatic carbocycles. The molecule has 0 saturated carbocycles. The molecule has 2 rings (SSSR count). The first-order chi connectivity index (χ1) is 7.78. The fraction of sp³-hybridized carbons (Fsp3) is 0.538. The van der Waals surface area contributed by atoms with Crippen LogP contribution in [-0.4, -0.2) is 38.2 Å². The van der Waals surface area contributed by atoms with E-state index >= 15 is 0 Å². The summed E-state index contributed by atoms with van der Waals surface area (Å²) in [5.41, 5.74) is 1.32. The molecule has 1 aromatic carbocycles. The van der Waals surface area contributed by atoms with E-state index in [9.17, 15) is 0 Å². The summed E-state index contributed by atoms with van der Waals surface area (Å²) in [4.78, 5) is 2.37. The van der Waals surface area contributed by atoms with Crippen molar-refractivity contribution in [2.75, 3.05) is 27.2 Å². The van der Waals surface area contributed by atoms with Crippen molar-refractivity contribution in [3.8, 4) is 5.75 Å². The van der Waals surface area contributed by atoms with E-state index in [0.29, 0.717) is 6.04 Å². The third-order valence-electron chi connectivity index (χ3n) is 3.15. The minimum atomic E-state index is 0.645. The van der Waals surface area contributed by atoms with Crippen molar-refractivity contribution >= 4 is 0 Å². The summed E-state index contributed by atoms with van der Waals surface area (Å²) in [5.74, 6) is 0.921. The minimum Gasteiger partial charge on any atom is -0.497 e. The zero-order valence-electron chi connectivity index (χ0n) is 10.1. The Balaban J connectivity index is 1.80. The summed E-state index contributed by atoms with van der Waals surface area (Å²) in [5, 5.41) is 3.58. The smallest absolute Gasteiger partial charge is 0.118 e. The van der Waals surface area contributed by atoms with Gasteiger partial charge in [0, 0.05) is 19.1 Å². The fourth-order valence-corrected chi connectivity index (χ4v) is 2.11. The van der Waals surface area contributed by atoms with E-state index in [-0.39, 0.29) is 0 Å². The molecule has 1 fully saturated rings. The lowest BCUT2D eigenvalue weighted by Gasteiger charge is -2.12. The molecule has 0 spiro atoms. The number of ether oxygens (including phenoxy) is 1. The molecule has 1 saturated heterocycles. The van der Waals surface area contributed by atoms with Gasteiger partial charge in [-0.15, -0.1) is 0 Å². The number of benzene rings is 1. The Morgan fingerprint density at radius 1 is 1.38 bits per heavy atom. The van der Waals surface area contributed by atoms with Gasteiger partial charge >= 0.3 is 0 Å². The summed E-state index contributed by atoms with van der Waals surface area (Å²) < 4.78 is 5.13. The Morgan fingerprint density at radius 2 is 2.12 bits per heavy atom. The number of nitrogens with one attached hydrogen (secondary N) is 1. The summed E-state index contributed by atoms with van der Waals surface area (Å²) in [6.07, 6.45) is 1.26. The first kappa shape index (κ1) is 11.4. The highest BCUT2D eigenvalue weighted by Gasteiger charge is 2.18. The van der Waals surface area contributed by atoms with E-state index in [1.54, 1.807) is 7.11 Å². The fourth-order valence-electron chi connectivity index (χ4n) is 2.11. The predicted octanol–water partition coefficient (Wildman–Crippen LogP) is 1.49. The number of hydrogen-bond acceptors (Lipinski definition) is 3. The van der Waals surface area contributed by atoms with Gasteiger partial charge in [0.25, 0.3) is 0 Å². The standard InChI is InChI=1S/C13H20N2O/c1-15-8-7-12(10-15)14-9-11-3-5-13(16-2)6-4-11/h3-6,12,14H,7-10H2,1-2H3. The van der Waals surface area contributed by atoms with Gasteiger partial charge in [-0.2, -0.15) is 0 Å². The van der Waals surface area contributed by atoms with Gasteiger partial charge in [0.1, 0.15) is 5.75 Å². The van der Waals surface area contributed by atoms with Crippen molar-refractivity contribution in [1.82, 2.24) is 10.2 Å². The number of hydrogen-bond donors (Lipinski definition) is 1. The van der Waals surface area contributed by atoms with Gasteiger partial charge in [-0.3, -0.25) is 0 Å². The van der Waals surface area contributed by atoms with Crippen LogP contribution in [0.15, 0.2) is 24.3 Å². The molecule has 0 bridgehead atoms. The number of likely N-dealkylation sites (tertiary alicyclic amines) is 1. The van der Waals surface area contributed by atoms with Crippen molar-refractivity contribution < 1.29 is 4.74 Å². The van der Waals surface area contributed by atoms with E-state index in [1.807, 2.05) is 12.1 Å². The summed E-state index contributed by atoms with van der Waals surface area (Å²) in [6, 6.07) is 8.90. The zero-order chi connectivity index (χ0) is 11.4. The second-order valence-corrected chi connectivity index (χ2v) is 4.48. The van der Waals surface area contributed by atoms with Crippen LogP contribution >= 0.6 is 0 Å². The summed E-state index contributed by atoms with van der Waals surface area (Å²) in [7, 11) is 3.87. The van der Waals surface area contributed by atoms with Gasteiger partial charge in [0.05, 0.1) is 7.11 Å². The Hall–Kier alpha value is -1.06. The maximum atomic E-state index is 5.13. The molecule has 3 nitrogen and oxygen atoms in total. The van der Waals surface area contributed by atoms with Gasteiger partial charge in [-0.1, -0.05) is 12.1 Å². The lowest BCUT2D eigenvalue weighted by Crippen LogP contribution is -2.30. The number of rotatable bonds is 4. The third-order valence-corrected chi connectivity index (χ3v) is 3.15. The summed E-state index contributed by atoms with van der Waals surface area (Å²) in [6.45, 7) is 3.32. The number of likely N-dealkylation sites (N-methyl/N-ethyl adjacent to an activating group) is 1. The normalized spacial score (nSPS) is 21.2. The van der Waals surface area contributed by atoms with Gasteiger partial charge in [0.15, 0.2) is 0 Å². The van der Waals surface area contributed by atoms with Crippen molar-refractivity contribution in [2.45, 2.75) is 19.0 Å². The molecule has 88 valence electrons. The molecule has 0 amide bonds. The average molecular weight is 220 g/mol. The van der Waals surface area contributed by atoms with Gasteiger partial charge < -0.3 is 15.0 Å². The van der Waals surface area contributed by atoms with Crippen LogP contribution in [0.1, 0.15) is 12.0 Å². The average Bonchev–Trinajstić information content (AvgIpc) is 2.73. The molecule has 0 radical (unpaired) electrons. The Morgan fingerprint density at radius 3 is 2.69 bits per heavy atom. The van der Waals surface area contributed by atoms with Crippen LogP contribution in [0.2, 0.25) is 0 Å². The molecular formula is C13H20N2O. The first-order valence-electron chi connectivity index (χ1n) is 5.83. The number of methoxy groups -OCH3 is 1. The molecule has 16 heavy (non-hydrogen) atoms. The van der Waals surface area contributed by atoms with Crippen molar-refractivity contribution in [3.63, 3.8) is 0 Å². The van der Waals surface area contributed by atoms with Gasteiger partial charge in [-0.05, 0) is 37.7 Å². The Labute approximate surface area is 97.4 Å². The second-order valence-electron chi connectivity index (χ2n) is 4.48. The molecule has 1 atom stereocenters. The van der Waals surface area contributed by atoms with Gasteiger partial charge in [-0.25, -0.2) is 0 Å². The molecule has 0 aromatic heterocycles. The van der Waals surface area contributed by atoms with E-state index in [0.717, 1.165) is 18.8 Å². The lowest BCUT2D eigenvalue weighted by molar-refractivity contribution is 0.397. The van der Waals surface area contributed by atoms with Crippen LogP contribution in [0.25, 0.3) is 0 Å². The van der Waals surface area contributed by atoms with Gasteiger partial charge in [0.2, 0.25) is 0 Å². The van der Waals surface area contributed by atoms with Crippen molar-refractivity contribution in [1.29, 1.82) is 0 Å². The van der Waals surface area contributed by atoms with Crippen molar-refractivity contribution in [2.24, 2.45) is 0 Å². The van der Waals surface area contributed by atoms with Crippen LogP contribution in [0, 0.1) is 0 Å². The Bertz CT molecular complexity index is 323. The van der Waals surface area contributed by atoms with E-state index in [4.69, 9.17) is 4.74 Å². The Kier molecular flexibility index (Phi) is 3.80. The van der Waals surface area contributed by atoms with Crippen LogP contribution < -0.4 is 10.1 Å². The second kappa shape index (κ2) is 5.32. The zero-order valence-corrected chi connectivity index (χ0v) is 10.1. The molecule has 1 aliphatic rings. The molecule has 1 aliphatic heterocycles. The molecule has 1 N–H and O–H groups in total.